The van der Waals surface area contributed by atoms with E-state index < -0.39 is 6.10 Å². The second-order valence-corrected chi connectivity index (χ2v) is 3.56. The molecule has 0 bridgehead atoms. The highest BCUT2D eigenvalue weighted by atomic mass is 16.5. The monoisotopic (exact) mass is 226 g/mol. The second-order valence-electron chi connectivity index (χ2n) is 3.56. The van der Waals surface area contributed by atoms with Crippen molar-refractivity contribution >= 4 is 5.91 Å². The van der Waals surface area contributed by atoms with Gasteiger partial charge >= 0.3 is 0 Å². The van der Waals surface area contributed by atoms with Crippen LogP contribution >= 0.6 is 0 Å². The maximum atomic E-state index is 11.6. The highest BCUT2D eigenvalue weighted by Gasteiger charge is 2.15. The van der Waals surface area contributed by atoms with Crippen LogP contribution in [0.25, 0.3) is 0 Å². The van der Waals surface area contributed by atoms with Crippen LogP contribution in [0, 0.1) is 6.92 Å². The third-order valence-electron chi connectivity index (χ3n) is 2.58. The molecule has 0 saturated carbocycles. The van der Waals surface area contributed by atoms with Gasteiger partial charge < -0.3 is 15.8 Å². The number of nitrogens with one attached hydrogen (secondary N) is 1. The predicted molar refractivity (Wildman–Crippen MR) is 59.6 cm³/mol. The first-order chi connectivity index (χ1) is 7.60. The number of nitrogens with two attached hydrogens (primary N) is 1. The van der Waals surface area contributed by atoms with Crippen molar-refractivity contribution in [2.75, 3.05) is 13.7 Å². The topological polar surface area (TPSA) is 82.2 Å². The Balaban J connectivity index is 2.52. The number of aromatic nitrogens is 2. The SMILES string of the molecule is COC(CN)C(=O)NCc1cnn(C)c1C. The Hall–Kier alpha value is -1.40. The van der Waals surface area contributed by atoms with Crippen LogP contribution < -0.4 is 11.1 Å². The molecule has 16 heavy (non-hydrogen) atoms. The summed E-state index contributed by atoms with van der Waals surface area (Å²) in [6, 6.07) is 0. The molecule has 90 valence electrons. The highest BCUT2D eigenvalue weighted by Crippen LogP contribution is 2.04. The molecule has 1 rings (SSSR count). The summed E-state index contributed by atoms with van der Waals surface area (Å²) in [5, 5.41) is 6.85. The van der Waals surface area contributed by atoms with Crippen molar-refractivity contribution in [1.29, 1.82) is 0 Å². The lowest BCUT2D eigenvalue weighted by molar-refractivity contribution is -0.130. The van der Waals surface area contributed by atoms with Crippen LogP contribution in [0.1, 0.15) is 11.3 Å². The molecule has 0 aromatic carbocycles. The fraction of sp³-hybridized carbons (Fsp3) is 0.600. The van der Waals surface area contributed by atoms with Gasteiger partial charge in [-0.2, -0.15) is 5.10 Å². The minimum Gasteiger partial charge on any atom is -0.370 e. The fourth-order valence-electron chi connectivity index (χ4n) is 1.32. The lowest BCUT2D eigenvalue weighted by Gasteiger charge is -2.12. The Bertz CT molecular complexity index is 358. The van der Waals surface area contributed by atoms with Crippen LogP contribution in [0.5, 0.6) is 0 Å². The smallest absolute Gasteiger partial charge is 0.250 e. The first kappa shape index (κ1) is 12.7. The number of nitrogens with zero attached hydrogens (tertiary/aromatic N) is 2. The van der Waals surface area contributed by atoms with Crippen LogP contribution in [0.2, 0.25) is 0 Å². The standard InChI is InChI=1S/C10H18N4O2/c1-7-8(6-13-14(7)2)5-12-10(15)9(4-11)16-3/h6,9H,4-5,11H2,1-3H3,(H,12,15). The lowest BCUT2D eigenvalue weighted by Crippen LogP contribution is -2.40. The molecular formula is C10H18N4O2. The first-order valence-corrected chi connectivity index (χ1v) is 5.08. The lowest BCUT2D eigenvalue weighted by atomic mass is 10.2. The van der Waals surface area contributed by atoms with Crippen LogP contribution in [-0.2, 0) is 23.1 Å². The normalized spacial score (nSPS) is 12.5. The number of methoxy groups -OCH3 is 1. The molecule has 1 heterocycles. The van der Waals surface area contributed by atoms with Gasteiger partial charge in [-0.15, -0.1) is 0 Å². The van der Waals surface area contributed by atoms with Crippen molar-refractivity contribution in [3.8, 4) is 0 Å². The van der Waals surface area contributed by atoms with Gasteiger partial charge in [0.1, 0.15) is 6.10 Å². The second kappa shape index (κ2) is 5.62. The van der Waals surface area contributed by atoms with Gasteiger partial charge in [0.05, 0.1) is 6.20 Å². The molecule has 3 N–H and O–H groups in total. The number of rotatable bonds is 5. The largest absolute Gasteiger partial charge is 0.370 e. The van der Waals surface area contributed by atoms with Crippen molar-refractivity contribution in [3.63, 3.8) is 0 Å². The molecule has 1 amide bonds. The molecule has 0 spiro atoms. The van der Waals surface area contributed by atoms with Gasteiger partial charge in [0.25, 0.3) is 5.91 Å². The quantitative estimate of drug-likeness (QED) is 0.697. The summed E-state index contributed by atoms with van der Waals surface area (Å²) in [7, 11) is 3.32. The Labute approximate surface area is 94.8 Å². The fourth-order valence-corrected chi connectivity index (χ4v) is 1.32. The van der Waals surface area contributed by atoms with E-state index in [1.807, 2.05) is 14.0 Å². The number of ether oxygens (including phenoxy) is 1. The van der Waals surface area contributed by atoms with Crippen molar-refractivity contribution < 1.29 is 9.53 Å². The number of hydrogen-bond acceptors (Lipinski definition) is 4. The summed E-state index contributed by atoms with van der Waals surface area (Å²) in [5.74, 6) is -0.201. The van der Waals surface area contributed by atoms with E-state index in [-0.39, 0.29) is 12.5 Å². The summed E-state index contributed by atoms with van der Waals surface area (Å²) in [6.45, 7) is 2.57. The van der Waals surface area contributed by atoms with E-state index in [2.05, 4.69) is 10.4 Å². The van der Waals surface area contributed by atoms with Crippen molar-refractivity contribution in [3.05, 3.63) is 17.5 Å². The zero-order chi connectivity index (χ0) is 12.1. The zero-order valence-corrected chi connectivity index (χ0v) is 9.86. The van der Waals surface area contributed by atoms with Gasteiger partial charge in [-0.25, -0.2) is 0 Å². The molecule has 0 radical (unpaired) electrons. The van der Waals surface area contributed by atoms with E-state index in [9.17, 15) is 4.79 Å². The summed E-state index contributed by atoms with van der Waals surface area (Å²) < 4.78 is 6.69. The summed E-state index contributed by atoms with van der Waals surface area (Å²) in [4.78, 5) is 11.6. The Morgan fingerprint density at radius 2 is 2.44 bits per heavy atom. The van der Waals surface area contributed by atoms with E-state index in [1.165, 1.54) is 7.11 Å². The van der Waals surface area contributed by atoms with Gasteiger partial charge in [-0.3, -0.25) is 9.48 Å². The number of amides is 1. The number of carbonyl (C=O) groups excluding carboxylic acids is 1. The van der Waals surface area contributed by atoms with Crippen molar-refractivity contribution in [2.24, 2.45) is 12.8 Å². The molecular weight excluding hydrogens is 208 g/mol. The minimum atomic E-state index is -0.586. The molecule has 0 aliphatic rings. The zero-order valence-electron chi connectivity index (χ0n) is 9.86. The van der Waals surface area contributed by atoms with Crippen LogP contribution in [0.4, 0.5) is 0 Å². The Morgan fingerprint density at radius 3 is 2.88 bits per heavy atom. The summed E-state index contributed by atoms with van der Waals surface area (Å²) >= 11 is 0. The van der Waals surface area contributed by atoms with Gasteiger partial charge in [0, 0.05) is 38.5 Å². The van der Waals surface area contributed by atoms with Gasteiger partial charge in [0.2, 0.25) is 0 Å². The third-order valence-corrected chi connectivity index (χ3v) is 2.58. The van der Waals surface area contributed by atoms with E-state index in [0.29, 0.717) is 6.54 Å². The Morgan fingerprint density at radius 1 is 1.75 bits per heavy atom. The van der Waals surface area contributed by atoms with Gasteiger partial charge in [0.15, 0.2) is 0 Å². The van der Waals surface area contributed by atoms with Crippen molar-refractivity contribution in [1.82, 2.24) is 15.1 Å². The molecule has 0 aliphatic heterocycles. The summed E-state index contributed by atoms with van der Waals surface area (Å²) in [5.41, 5.74) is 7.40. The molecule has 6 nitrogen and oxygen atoms in total. The number of carbonyl (C=O) groups is 1. The summed E-state index contributed by atoms with van der Waals surface area (Å²) in [6.07, 6.45) is 1.15. The molecule has 1 atom stereocenters. The average Bonchev–Trinajstić information content (AvgIpc) is 2.59. The molecule has 6 heteroatoms. The molecule has 1 unspecified atom stereocenters. The van der Waals surface area contributed by atoms with E-state index in [1.54, 1.807) is 10.9 Å². The van der Waals surface area contributed by atoms with Crippen LogP contribution in [-0.4, -0.2) is 35.4 Å². The van der Waals surface area contributed by atoms with Gasteiger partial charge in [-0.1, -0.05) is 0 Å². The van der Waals surface area contributed by atoms with E-state index in [4.69, 9.17) is 10.5 Å². The number of aryl methyl sites for hydroxylation is 1. The maximum absolute atomic E-state index is 11.6. The molecule has 1 aromatic heterocycles. The highest BCUT2D eigenvalue weighted by molar-refractivity contribution is 5.80. The van der Waals surface area contributed by atoms with E-state index in [0.717, 1.165) is 11.3 Å². The first-order valence-electron chi connectivity index (χ1n) is 5.08. The third kappa shape index (κ3) is 2.80. The molecule has 0 fully saturated rings. The predicted octanol–water partition coefficient (Wildman–Crippen LogP) is -0.682. The van der Waals surface area contributed by atoms with Crippen molar-refractivity contribution in [2.45, 2.75) is 19.6 Å². The van der Waals surface area contributed by atoms with E-state index >= 15 is 0 Å². The van der Waals surface area contributed by atoms with Crippen LogP contribution in [0.15, 0.2) is 6.20 Å². The molecule has 1 aromatic rings. The van der Waals surface area contributed by atoms with Gasteiger partial charge in [-0.05, 0) is 6.92 Å². The molecule has 0 aliphatic carbocycles. The minimum absolute atomic E-state index is 0.175. The van der Waals surface area contributed by atoms with Crippen LogP contribution in [0.3, 0.4) is 0 Å². The number of hydrogen-bond donors (Lipinski definition) is 2. The maximum Gasteiger partial charge on any atom is 0.250 e. The average molecular weight is 226 g/mol. The Kier molecular flexibility index (Phi) is 4.45. The molecule has 0 saturated heterocycles.